The number of nitrogens with zero attached hydrogens (tertiary/aromatic N) is 2. The van der Waals surface area contributed by atoms with E-state index in [-0.39, 0.29) is 11.2 Å². The van der Waals surface area contributed by atoms with Crippen LogP contribution >= 0.6 is 0 Å². The predicted octanol–water partition coefficient (Wildman–Crippen LogP) is 2.34. The average Bonchev–Trinajstić information content (AvgIpc) is 2.38. The molecule has 6 heteroatoms. The molecule has 0 bridgehead atoms. The Bertz CT molecular complexity index is 470. The largest absolute Gasteiger partial charge is 0.476 e. The maximum absolute atomic E-state index is 10.6. The smallest absolute Gasteiger partial charge is 0.288 e. The van der Waals surface area contributed by atoms with Gasteiger partial charge in [-0.15, -0.1) is 0 Å². The van der Waals surface area contributed by atoms with Gasteiger partial charge >= 0.3 is 0 Å². The topological polar surface area (TPSA) is 91.3 Å². The lowest BCUT2D eigenvalue weighted by Gasteiger charge is -2.32. The molecule has 0 atom stereocenters. The van der Waals surface area contributed by atoms with Crippen molar-refractivity contribution in [2.75, 3.05) is 6.61 Å². The molecule has 0 spiro atoms. The summed E-state index contributed by atoms with van der Waals surface area (Å²) in [6.45, 7) is 2.16. The Morgan fingerprint density at radius 1 is 1.47 bits per heavy atom. The van der Waals surface area contributed by atoms with Gasteiger partial charge in [0.15, 0.2) is 0 Å². The van der Waals surface area contributed by atoms with E-state index >= 15 is 0 Å². The zero-order chi connectivity index (χ0) is 13.9. The first-order chi connectivity index (χ1) is 9.00. The standard InChI is InChI=1S/C13H19N3O3/c1-10-7-11(16(17)18)8-15-12(10)19-9-13(14)5-3-2-4-6-13/h7-8H,2-6,9,14H2,1H3. The second-order valence-corrected chi connectivity index (χ2v) is 5.28. The normalized spacial score (nSPS) is 18.0. The van der Waals surface area contributed by atoms with Gasteiger partial charge in [0.05, 0.1) is 10.5 Å². The Balaban J connectivity index is 2.01. The van der Waals surface area contributed by atoms with E-state index in [4.69, 9.17) is 10.5 Å². The number of ether oxygens (including phenoxy) is 1. The van der Waals surface area contributed by atoms with Crippen LogP contribution in [0.2, 0.25) is 0 Å². The number of aryl methyl sites for hydroxylation is 1. The Morgan fingerprint density at radius 2 is 2.16 bits per heavy atom. The summed E-state index contributed by atoms with van der Waals surface area (Å²) in [5.41, 5.74) is 6.63. The van der Waals surface area contributed by atoms with E-state index < -0.39 is 4.92 Å². The van der Waals surface area contributed by atoms with Crippen LogP contribution in [-0.4, -0.2) is 22.1 Å². The van der Waals surface area contributed by atoms with Crippen molar-refractivity contribution >= 4 is 5.69 Å². The Morgan fingerprint density at radius 3 is 2.74 bits per heavy atom. The Labute approximate surface area is 112 Å². The molecule has 1 saturated carbocycles. The van der Waals surface area contributed by atoms with Gasteiger partial charge in [-0.05, 0) is 19.8 Å². The lowest BCUT2D eigenvalue weighted by Crippen LogP contribution is -2.47. The van der Waals surface area contributed by atoms with Gasteiger partial charge in [0.1, 0.15) is 12.8 Å². The lowest BCUT2D eigenvalue weighted by atomic mass is 9.83. The first kappa shape index (κ1) is 13.7. The van der Waals surface area contributed by atoms with E-state index in [1.807, 2.05) is 0 Å². The van der Waals surface area contributed by atoms with Gasteiger partial charge in [-0.3, -0.25) is 10.1 Å². The van der Waals surface area contributed by atoms with Gasteiger partial charge in [-0.25, -0.2) is 4.98 Å². The molecule has 1 aromatic heterocycles. The van der Waals surface area contributed by atoms with Crippen LogP contribution in [0.5, 0.6) is 5.88 Å². The second kappa shape index (κ2) is 5.52. The van der Waals surface area contributed by atoms with Crippen molar-refractivity contribution in [1.29, 1.82) is 0 Å². The number of rotatable bonds is 4. The van der Waals surface area contributed by atoms with Gasteiger partial charge in [0.25, 0.3) is 5.69 Å². The fraction of sp³-hybridized carbons (Fsp3) is 0.615. The maximum atomic E-state index is 10.6. The molecule has 0 aliphatic heterocycles. The quantitative estimate of drug-likeness (QED) is 0.666. The molecule has 1 aromatic rings. The van der Waals surface area contributed by atoms with Gasteiger partial charge < -0.3 is 10.5 Å². The highest BCUT2D eigenvalue weighted by Crippen LogP contribution is 2.27. The number of aromatic nitrogens is 1. The highest BCUT2D eigenvalue weighted by Gasteiger charge is 2.28. The van der Waals surface area contributed by atoms with E-state index in [2.05, 4.69) is 4.98 Å². The van der Waals surface area contributed by atoms with E-state index in [0.29, 0.717) is 18.1 Å². The van der Waals surface area contributed by atoms with Gasteiger partial charge in [-0.2, -0.15) is 0 Å². The van der Waals surface area contributed by atoms with Crippen LogP contribution in [0.25, 0.3) is 0 Å². The number of nitro groups is 1. The first-order valence-corrected chi connectivity index (χ1v) is 6.53. The van der Waals surface area contributed by atoms with Crippen molar-refractivity contribution in [3.8, 4) is 5.88 Å². The zero-order valence-corrected chi connectivity index (χ0v) is 11.1. The molecule has 19 heavy (non-hydrogen) atoms. The predicted molar refractivity (Wildman–Crippen MR) is 71.1 cm³/mol. The molecule has 2 N–H and O–H groups in total. The molecule has 0 amide bonds. The van der Waals surface area contributed by atoms with Gasteiger partial charge in [-0.1, -0.05) is 19.3 Å². The molecule has 1 aliphatic rings. The van der Waals surface area contributed by atoms with E-state index in [1.54, 1.807) is 6.92 Å². The monoisotopic (exact) mass is 265 g/mol. The van der Waals surface area contributed by atoms with Crippen LogP contribution < -0.4 is 10.5 Å². The molecular formula is C13H19N3O3. The van der Waals surface area contributed by atoms with Crippen molar-refractivity contribution in [2.45, 2.75) is 44.6 Å². The fourth-order valence-electron chi connectivity index (χ4n) is 2.41. The lowest BCUT2D eigenvalue weighted by molar-refractivity contribution is -0.385. The minimum absolute atomic E-state index is 0.0232. The molecule has 1 heterocycles. The number of hydrogen-bond donors (Lipinski definition) is 1. The average molecular weight is 265 g/mol. The van der Waals surface area contributed by atoms with Crippen LogP contribution in [0, 0.1) is 17.0 Å². The van der Waals surface area contributed by atoms with E-state index in [9.17, 15) is 10.1 Å². The third kappa shape index (κ3) is 3.41. The van der Waals surface area contributed by atoms with Crippen LogP contribution in [0.15, 0.2) is 12.3 Å². The summed E-state index contributed by atoms with van der Waals surface area (Å²) in [4.78, 5) is 14.2. The summed E-state index contributed by atoms with van der Waals surface area (Å²) >= 11 is 0. The van der Waals surface area contributed by atoms with Crippen molar-refractivity contribution in [1.82, 2.24) is 4.98 Å². The van der Waals surface area contributed by atoms with Crippen molar-refractivity contribution in [3.63, 3.8) is 0 Å². The summed E-state index contributed by atoms with van der Waals surface area (Å²) in [6, 6.07) is 1.46. The van der Waals surface area contributed by atoms with Crippen molar-refractivity contribution < 1.29 is 9.66 Å². The molecule has 0 unspecified atom stereocenters. The molecule has 1 fully saturated rings. The maximum Gasteiger partial charge on any atom is 0.288 e. The third-order valence-corrected chi connectivity index (χ3v) is 3.57. The minimum Gasteiger partial charge on any atom is -0.476 e. The van der Waals surface area contributed by atoms with Crippen LogP contribution in [0.1, 0.15) is 37.7 Å². The van der Waals surface area contributed by atoms with Crippen molar-refractivity contribution in [3.05, 3.63) is 27.9 Å². The van der Waals surface area contributed by atoms with Gasteiger partial charge in [0, 0.05) is 11.6 Å². The van der Waals surface area contributed by atoms with Crippen LogP contribution in [0.4, 0.5) is 5.69 Å². The summed E-state index contributed by atoms with van der Waals surface area (Å²) in [6.07, 6.45) is 6.62. The SMILES string of the molecule is Cc1cc([N+](=O)[O-])cnc1OCC1(N)CCCCC1. The fourth-order valence-corrected chi connectivity index (χ4v) is 2.41. The Hall–Kier alpha value is -1.69. The molecule has 0 saturated heterocycles. The molecule has 6 nitrogen and oxygen atoms in total. The molecule has 0 aromatic carbocycles. The number of pyridine rings is 1. The van der Waals surface area contributed by atoms with E-state index in [1.165, 1.54) is 18.7 Å². The first-order valence-electron chi connectivity index (χ1n) is 6.53. The molecule has 104 valence electrons. The number of hydrogen-bond acceptors (Lipinski definition) is 5. The summed E-state index contributed by atoms with van der Waals surface area (Å²) < 4.78 is 5.66. The van der Waals surface area contributed by atoms with Crippen LogP contribution in [0.3, 0.4) is 0 Å². The number of nitrogens with two attached hydrogens (primary N) is 1. The van der Waals surface area contributed by atoms with Crippen LogP contribution in [-0.2, 0) is 0 Å². The second-order valence-electron chi connectivity index (χ2n) is 5.28. The molecule has 2 rings (SSSR count). The molecular weight excluding hydrogens is 246 g/mol. The highest BCUT2D eigenvalue weighted by atomic mass is 16.6. The summed E-state index contributed by atoms with van der Waals surface area (Å²) in [5, 5.41) is 10.6. The third-order valence-electron chi connectivity index (χ3n) is 3.57. The summed E-state index contributed by atoms with van der Waals surface area (Å²) in [5.74, 6) is 0.431. The zero-order valence-electron chi connectivity index (χ0n) is 11.1. The Kier molecular flexibility index (Phi) is 3.99. The molecule has 1 aliphatic carbocycles. The highest BCUT2D eigenvalue weighted by molar-refractivity contribution is 5.36. The van der Waals surface area contributed by atoms with Gasteiger partial charge in [0.2, 0.25) is 5.88 Å². The molecule has 0 radical (unpaired) electrons. The van der Waals surface area contributed by atoms with E-state index in [0.717, 1.165) is 25.7 Å². The van der Waals surface area contributed by atoms with Crippen molar-refractivity contribution in [2.24, 2.45) is 5.73 Å². The summed E-state index contributed by atoms with van der Waals surface area (Å²) in [7, 11) is 0. The minimum atomic E-state index is -0.463.